The van der Waals surface area contributed by atoms with E-state index < -0.39 is 0 Å². The quantitative estimate of drug-likeness (QED) is 0.855. The van der Waals surface area contributed by atoms with E-state index in [1.54, 1.807) is 19.5 Å². The Morgan fingerprint density at radius 3 is 2.84 bits per heavy atom. The topological polar surface area (TPSA) is 48.2 Å². The van der Waals surface area contributed by atoms with Gasteiger partial charge in [0.2, 0.25) is 0 Å². The van der Waals surface area contributed by atoms with Crippen LogP contribution >= 0.6 is 11.6 Å². The maximum atomic E-state index is 6.26. The van der Waals surface area contributed by atoms with Gasteiger partial charge in [-0.25, -0.2) is 0 Å². The second kappa shape index (κ2) is 4.94. The maximum absolute atomic E-state index is 6.26. The lowest BCUT2D eigenvalue weighted by Gasteiger charge is -2.07. The zero-order chi connectivity index (χ0) is 13.4. The predicted molar refractivity (Wildman–Crippen MR) is 72.2 cm³/mol. The van der Waals surface area contributed by atoms with Crippen molar-refractivity contribution in [1.82, 2.24) is 10.1 Å². The van der Waals surface area contributed by atoms with E-state index in [1.165, 1.54) is 0 Å². The maximum Gasteiger partial charge on any atom is 0.145 e. The average Bonchev–Trinajstić information content (AvgIpc) is 3.14. The van der Waals surface area contributed by atoms with Gasteiger partial charge < -0.3 is 9.26 Å². The molecule has 1 aliphatic rings. The molecule has 0 atom stereocenters. The molecule has 0 N–H and O–H groups in total. The van der Waals surface area contributed by atoms with Crippen LogP contribution < -0.4 is 0 Å². The Bertz CT molecular complexity index is 585. The second-order valence-electron chi connectivity index (χ2n) is 4.89. The van der Waals surface area contributed by atoms with Crippen molar-refractivity contribution in [1.29, 1.82) is 0 Å². The number of pyridine rings is 1. The SMILES string of the molecule is COCc1c(-c2c(C)cncc2Cl)noc1C1CC1. The van der Waals surface area contributed by atoms with E-state index in [-0.39, 0.29) is 0 Å². The minimum absolute atomic E-state index is 0.489. The Balaban J connectivity index is 2.14. The number of hydrogen-bond donors (Lipinski definition) is 0. The summed E-state index contributed by atoms with van der Waals surface area (Å²) in [4.78, 5) is 4.08. The number of aromatic nitrogens is 2. The molecule has 1 aliphatic carbocycles. The highest BCUT2D eigenvalue weighted by Crippen LogP contribution is 2.45. The van der Waals surface area contributed by atoms with Gasteiger partial charge in [0.05, 0.1) is 11.6 Å². The summed E-state index contributed by atoms with van der Waals surface area (Å²) in [5, 5.41) is 4.81. The lowest BCUT2D eigenvalue weighted by molar-refractivity contribution is 0.183. The molecule has 0 radical (unpaired) electrons. The van der Waals surface area contributed by atoms with E-state index in [9.17, 15) is 0 Å². The monoisotopic (exact) mass is 278 g/mol. The minimum Gasteiger partial charge on any atom is -0.380 e. The molecule has 4 nitrogen and oxygen atoms in total. The normalized spacial score (nSPS) is 14.9. The van der Waals surface area contributed by atoms with Crippen LogP contribution in [0.4, 0.5) is 0 Å². The zero-order valence-electron chi connectivity index (χ0n) is 10.9. The average molecular weight is 279 g/mol. The summed E-state index contributed by atoms with van der Waals surface area (Å²) >= 11 is 6.26. The molecule has 5 heteroatoms. The Hall–Kier alpha value is -1.39. The van der Waals surface area contributed by atoms with Crippen molar-refractivity contribution in [3.63, 3.8) is 0 Å². The van der Waals surface area contributed by atoms with Crippen molar-refractivity contribution in [2.75, 3.05) is 7.11 Å². The van der Waals surface area contributed by atoms with Crippen molar-refractivity contribution < 1.29 is 9.26 Å². The Morgan fingerprint density at radius 1 is 1.42 bits per heavy atom. The van der Waals surface area contributed by atoms with Gasteiger partial charge >= 0.3 is 0 Å². The van der Waals surface area contributed by atoms with Crippen LogP contribution in [0.1, 0.15) is 35.6 Å². The van der Waals surface area contributed by atoms with Crippen molar-refractivity contribution in [3.05, 3.63) is 34.3 Å². The molecular weight excluding hydrogens is 264 g/mol. The summed E-state index contributed by atoms with van der Waals surface area (Å²) in [6.07, 6.45) is 5.73. The van der Waals surface area contributed by atoms with Gasteiger partial charge in [-0.3, -0.25) is 4.98 Å². The van der Waals surface area contributed by atoms with Crippen LogP contribution in [0.3, 0.4) is 0 Å². The van der Waals surface area contributed by atoms with Crippen molar-refractivity contribution in [2.24, 2.45) is 0 Å². The largest absolute Gasteiger partial charge is 0.380 e. The standard InChI is InChI=1S/C14H15ClN2O2/c1-8-5-16-6-11(15)12(8)13-10(7-18-2)14(19-17-13)9-3-4-9/h5-6,9H,3-4,7H2,1-2H3. The van der Waals surface area contributed by atoms with Gasteiger partial charge in [0, 0.05) is 36.5 Å². The summed E-state index contributed by atoms with van der Waals surface area (Å²) in [5.74, 6) is 1.44. The first-order valence-corrected chi connectivity index (χ1v) is 6.68. The molecule has 0 spiro atoms. The smallest absolute Gasteiger partial charge is 0.145 e. The fourth-order valence-electron chi connectivity index (χ4n) is 2.30. The number of rotatable bonds is 4. The van der Waals surface area contributed by atoms with Crippen molar-refractivity contribution in [3.8, 4) is 11.3 Å². The lowest BCUT2D eigenvalue weighted by atomic mass is 10.0. The predicted octanol–water partition coefficient (Wildman–Crippen LogP) is 3.72. The minimum atomic E-state index is 0.489. The number of hydrogen-bond acceptors (Lipinski definition) is 4. The zero-order valence-corrected chi connectivity index (χ0v) is 11.7. The summed E-state index contributed by atoms with van der Waals surface area (Å²) in [6.45, 7) is 2.46. The number of nitrogens with zero attached hydrogens (tertiary/aromatic N) is 2. The highest BCUT2D eigenvalue weighted by molar-refractivity contribution is 6.33. The van der Waals surface area contributed by atoms with Crippen LogP contribution in [0, 0.1) is 6.92 Å². The summed E-state index contributed by atoms with van der Waals surface area (Å²) < 4.78 is 10.8. The number of ether oxygens (including phenoxy) is 1. The molecule has 0 bridgehead atoms. The van der Waals surface area contributed by atoms with E-state index in [1.807, 2.05) is 6.92 Å². The summed E-state index contributed by atoms with van der Waals surface area (Å²) in [7, 11) is 1.68. The van der Waals surface area contributed by atoms with Crippen LogP contribution in [0.15, 0.2) is 16.9 Å². The number of methoxy groups -OCH3 is 1. The molecule has 0 aliphatic heterocycles. The van der Waals surface area contributed by atoms with Gasteiger partial charge in [-0.2, -0.15) is 0 Å². The molecule has 0 amide bonds. The van der Waals surface area contributed by atoms with E-state index in [0.717, 1.165) is 41.0 Å². The van der Waals surface area contributed by atoms with E-state index in [2.05, 4.69) is 10.1 Å². The van der Waals surface area contributed by atoms with Crippen LogP contribution in [-0.4, -0.2) is 17.3 Å². The van der Waals surface area contributed by atoms with Crippen LogP contribution in [0.25, 0.3) is 11.3 Å². The molecule has 0 unspecified atom stereocenters. The fraction of sp³-hybridized carbons (Fsp3) is 0.429. The van der Waals surface area contributed by atoms with Gasteiger partial charge in [-0.05, 0) is 25.3 Å². The van der Waals surface area contributed by atoms with E-state index in [0.29, 0.717) is 17.5 Å². The van der Waals surface area contributed by atoms with Gasteiger partial charge in [0.1, 0.15) is 11.5 Å². The first-order valence-electron chi connectivity index (χ1n) is 6.30. The Labute approximate surface area is 116 Å². The van der Waals surface area contributed by atoms with Crippen LogP contribution in [0.2, 0.25) is 5.02 Å². The molecule has 2 aromatic rings. The van der Waals surface area contributed by atoms with Gasteiger partial charge in [-0.15, -0.1) is 0 Å². The first kappa shape index (κ1) is 12.6. The molecule has 2 aromatic heterocycles. The fourth-order valence-corrected chi connectivity index (χ4v) is 2.60. The van der Waals surface area contributed by atoms with Crippen molar-refractivity contribution >= 4 is 11.6 Å². The molecule has 3 rings (SSSR count). The molecule has 100 valence electrons. The van der Waals surface area contributed by atoms with Gasteiger partial charge in [0.15, 0.2) is 0 Å². The Morgan fingerprint density at radius 2 is 2.21 bits per heavy atom. The third-order valence-electron chi connectivity index (χ3n) is 3.38. The van der Waals surface area contributed by atoms with Gasteiger partial charge in [0.25, 0.3) is 0 Å². The van der Waals surface area contributed by atoms with Crippen LogP contribution in [0.5, 0.6) is 0 Å². The Kier molecular flexibility index (Phi) is 3.29. The number of halogens is 1. The van der Waals surface area contributed by atoms with Crippen molar-refractivity contribution in [2.45, 2.75) is 32.3 Å². The second-order valence-corrected chi connectivity index (χ2v) is 5.30. The third-order valence-corrected chi connectivity index (χ3v) is 3.67. The molecular formula is C14H15ClN2O2. The van der Waals surface area contributed by atoms with Crippen LogP contribution in [-0.2, 0) is 11.3 Å². The van der Waals surface area contributed by atoms with Gasteiger partial charge in [-0.1, -0.05) is 16.8 Å². The third kappa shape index (κ3) is 2.26. The first-order chi connectivity index (χ1) is 9.22. The van der Waals surface area contributed by atoms with E-state index >= 15 is 0 Å². The summed E-state index contributed by atoms with van der Waals surface area (Å²) in [6, 6.07) is 0. The number of aryl methyl sites for hydroxylation is 1. The molecule has 0 saturated heterocycles. The highest BCUT2D eigenvalue weighted by atomic mass is 35.5. The lowest BCUT2D eigenvalue weighted by Crippen LogP contribution is -1.95. The molecule has 2 heterocycles. The molecule has 19 heavy (non-hydrogen) atoms. The highest BCUT2D eigenvalue weighted by Gasteiger charge is 2.33. The summed E-state index contributed by atoms with van der Waals surface area (Å²) in [5.41, 5.74) is 3.68. The molecule has 1 saturated carbocycles. The molecule has 1 fully saturated rings. The van der Waals surface area contributed by atoms with E-state index in [4.69, 9.17) is 20.9 Å². The molecule has 0 aromatic carbocycles.